The summed E-state index contributed by atoms with van der Waals surface area (Å²) in [5.74, 6) is 4.97. The van der Waals surface area contributed by atoms with E-state index in [-0.39, 0.29) is 5.91 Å². The maximum atomic E-state index is 13.4. The van der Waals surface area contributed by atoms with Crippen molar-refractivity contribution in [3.05, 3.63) is 62.2 Å². The number of carbonyl (C=O) groups excluding carboxylic acids is 2. The van der Waals surface area contributed by atoms with E-state index in [4.69, 9.17) is 10.6 Å². The Bertz CT molecular complexity index is 1040. The van der Waals surface area contributed by atoms with Crippen molar-refractivity contribution in [1.29, 1.82) is 0 Å². The van der Waals surface area contributed by atoms with Crippen LogP contribution in [-0.4, -0.2) is 23.5 Å². The van der Waals surface area contributed by atoms with Gasteiger partial charge in [0.15, 0.2) is 0 Å². The van der Waals surface area contributed by atoms with Crippen LogP contribution in [0.4, 0.5) is 0 Å². The monoisotopic (exact) mass is 479 g/mol. The number of nitrogens with two attached hydrogens (primary N) is 1. The molecule has 0 aliphatic carbocycles. The molecule has 0 fully saturated rings. The van der Waals surface area contributed by atoms with Gasteiger partial charge in [-0.2, -0.15) is 0 Å². The van der Waals surface area contributed by atoms with E-state index in [1.807, 2.05) is 6.07 Å². The fourth-order valence-electron chi connectivity index (χ4n) is 3.04. The molecule has 8 heteroatoms. The van der Waals surface area contributed by atoms with E-state index in [0.29, 0.717) is 37.9 Å². The Balaban J connectivity index is 2.32. The van der Waals surface area contributed by atoms with Gasteiger partial charge in [-0.1, -0.05) is 34.1 Å². The molecule has 3 rings (SSSR count). The van der Waals surface area contributed by atoms with E-state index in [2.05, 4.69) is 37.3 Å². The Kier molecular flexibility index (Phi) is 5.17. The second-order valence-corrected chi connectivity index (χ2v) is 7.33. The number of amides is 1. The number of nitrogen functional groups attached to an aromatic ring is 1. The summed E-state index contributed by atoms with van der Waals surface area (Å²) in [6.45, 7) is 1.71. The van der Waals surface area contributed by atoms with Crippen molar-refractivity contribution in [2.45, 2.75) is 6.92 Å². The molecule has 0 atom stereocenters. The number of nitrogens with zero attached hydrogens (tertiary/aromatic N) is 1. The number of nitrogens with one attached hydrogen (secondary N) is 1. The largest absolute Gasteiger partial charge is 0.495 e. The number of fused-ring (bicyclic) bond motifs is 1. The zero-order chi connectivity index (χ0) is 19.0. The van der Waals surface area contributed by atoms with Gasteiger partial charge in [-0.25, -0.2) is 5.84 Å². The first kappa shape index (κ1) is 18.6. The molecule has 1 amide bonds. The molecule has 1 heterocycles. The summed E-state index contributed by atoms with van der Waals surface area (Å²) < 4.78 is 8.27. The van der Waals surface area contributed by atoms with Gasteiger partial charge in [-0.3, -0.25) is 19.6 Å². The van der Waals surface area contributed by atoms with Crippen molar-refractivity contribution in [1.82, 2.24) is 9.99 Å². The van der Waals surface area contributed by atoms with Gasteiger partial charge in [0.05, 0.1) is 28.2 Å². The molecule has 0 spiro atoms. The molecule has 0 radical (unpaired) electrons. The molecule has 3 aromatic rings. The summed E-state index contributed by atoms with van der Waals surface area (Å²) in [7, 11) is 1.50. The highest BCUT2D eigenvalue weighted by molar-refractivity contribution is 9.11. The molecule has 1 aromatic heterocycles. The predicted octanol–water partition coefficient (Wildman–Crippen LogP) is 3.78. The van der Waals surface area contributed by atoms with Gasteiger partial charge in [0, 0.05) is 15.6 Å². The van der Waals surface area contributed by atoms with Crippen LogP contribution in [0.2, 0.25) is 0 Å². The maximum Gasteiger partial charge on any atom is 0.267 e. The van der Waals surface area contributed by atoms with Crippen molar-refractivity contribution in [2.24, 2.45) is 5.84 Å². The molecule has 6 nitrogen and oxygen atoms in total. The summed E-state index contributed by atoms with van der Waals surface area (Å²) in [4.78, 5) is 25.6. The normalized spacial score (nSPS) is 10.8. The smallest absolute Gasteiger partial charge is 0.267 e. The lowest BCUT2D eigenvalue weighted by molar-refractivity contribution is 0.0953. The zero-order valence-electron chi connectivity index (χ0n) is 14.0. The molecule has 0 saturated heterocycles. The minimum atomic E-state index is -0.451. The highest BCUT2D eigenvalue weighted by atomic mass is 79.9. The minimum absolute atomic E-state index is 0.311. The average molecular weight is 481 g/mol. The number of methoxy groups -OCH3 is 1. The second kappa shape index (κ2) is 7.22. The summed E-state index contributed by atoms with van der Waals surface area (Å²) in [5, 5.41) is 0.648. The lowest BCUT2D eigenvalue weighted by Crippen LogP contribution is -2.30. The van der Waals surface area contributed by atoms with E-state index in [0.717, 1.165) is 4.47 Å². The number of ether oxygens (including phenoxy) is 1. The molecule has 0 saturated carbocycles. The molecular formula is C18H15Br2N3O3. The number of hydrogen-bond donors (Lipinski definition) is 2. The van der Waals surface area contributed by atoms with Crippen LogP contribution in [0.25, 0.3) is 10.9 Å². The zero-order valence-corrected chi connectivity index (χ0v) is 17.1. The number of rotatable bonds is 3. The van der Waals surface area contributed by atoms with Gasteiger partial charge in [0.1, 0.15) is 5.75 Å². The Morgan fingerprint density at radius 2 is 1.88 bits per heavy atom. The predicted molar refractivity (Wildman–Crippen MR) is 106 cm³/mol. The Labute approximate surface area is 166 Å². The van der Waals surface area contributed by atoms with Gasteiger partial charge >= 0.3 is 0 Å². The van der Waals surface area contributed by atoms with Crippen LogP contribution in [0, 0.1) is 6.92 Å². The van der Waals surface area contributed by atoms with E-state index in [9.17, 15) is 9.59 Å². The van der Waals surface area contributed by atoms with Crippen LogP contribution < -0.4 is 16.0 Å². The number of hydrogen-bond acceptors (Lipinski definition) is 4. The fourth-order valence-corrected chi connectivity index (χ4v) is 4.42. The van der Waals surface area contributed by atoms with Crippen molar-refractivity contribution in [2.75, 3.05) is 7.11 Å². The standard InChI is InChI=1S/C18H15Br2N3O3/c1-9-15(17(24)22-21)11-5-3-4-6-14(11)23(9)18(25)12-7-10(19)8-13(20)16(12)26-2/h3-8H,21H2,1-2H3,(H,22,24). The van der Waals surface area contributed by atoms with Crippen LogP contribution in [0.5, 0.6) is 5.75 Å². The first-order valence-electron chi connectivity index (χ1n) is 7.59. The Hall–Kier alpha value is -2.16. The third-order valence-electron chi connectivity index (χ3n) is 4.12. The SMILES string of the molecule is COc1c(Br)cc(Br)cc1C(=O)n1c(C)c(C(=O)NN)c2ccccc21. The van der Waals surface area contributed by atoms with Crippen LogP contribution in [-0.2, 0) is 0 Å². The number of carbonyl (C=O) groups is 2. The summed E-state index contributed by atoms with van der Waals surface area (Å²) in [5.41, 5.74) is 3.98. The van der Waals surface area contributed by atoms with Crippen LogP contribution in [0.15, 0.2) is 45.3 Å². The molecule has 134 valence electrons. The van der Waals surface area contributed by atoms with Crippen LogP contribution in [0.1, 0.15) is 26.4 Å². The molecule has 26 heavy (non-hydrogen) atoms. The highest BCUT2D eigenvalue weighted by Gasteiger charge is 2.25. The van der Waals surface area contributed by atoms with E-state index < -0.39 is 5.91 Å². The fraction of sp³-hybridized carbons (Fsp3) is 0.111. The third kappa shape index (κ3) is 2.94. The topological polar surface area (TPSA) is 86.3 Å². The molecular weight excluding hydrogens is 466 g/mol. The lowest BCUT2D eigenvalue weighted by atomic mass is 10.1. The number of halogens is 2. The second-order valence-electron chi connectivity index (χ2n) is 5.56. The van der Waals surface area contributed by atoms with Crippen molar-refractivity contribution in [3.8, 4) is 5.75 Å². The Morgan fingerprint density at radius 3 is 2.54 bits per heavy atom. The third-order valence-corrected chi connectivity index (χ3v) is 5.16. The molecule has 0 unspecified atom stereocenters. The molecule has 0 bridgehead atoms. The molecule has 3 N–H and O–H groups in total. The number of aromatic nitrogens is 1. The van der Waals surface area contributed by atoms with Gasteiger partial charge < -0.3 is 4.74 Å². The summed E-state index contributed by atoms with van der Waals surface area (Å²) >= 11 is 6.81. The van der Waals surface area contributed by atoms with E-state index in [1.165, 1.54) is 11.7 Å². The van der Waals surface area contributed by atoms with Crippen LogP contribution >= 0.6 is 31.9 Å². The highest BCUT2D eigenvalue weighted by Crippen LogP contribution is 2.35. The van der Waals surface area contributed by atoms with E-state index in [1.54, 1.807) is 37.3 Å². The van der Waals surface area contributed by atoms with Gasteiger partial charge in [-0.15, -0.1) is 0 Å². The average Bonchev–Trinajstić information content (AvgIpc) is 2.91. The van der Waals surface area contributed by atoms with E-state index >= 15 is 0 Å². The van der Waals surface area contributed by atoms with Crippen molar-refractivity contribution < 1.29 is 14.3 Å². The number of hydrazine groups is 1. The van der Waals surface area contributed by atoms with Gasteiger partial charge in [0.25, 0.3) is 11.8 Å². The Morgan fingerprint density at radius 1 is 1.19 bits per heavy atom. The quantitative estimate of drug-likeness (QED) is 0.339. The molecule has 0 aliphatic heterocycles. The van der Waals surface area contributed by atoms with Crippen LogP contribution in [0.3, 0.4) is 0 Å². The number of para-hydroxylation sites is 1. The van der Waals surface area contributed by atoms with Crippen molar-refractivity contribution >= 4 is 54.6 Å². The lowest BCUT2D eigenvalue weighted by Gasteiger charge is -2.13. The first-order valence-corrected chi connectivity index (χ1v) is 9.18. The molecule has 2 aromatic carbocycles. The summed E-state index contributed by atoms with van der Waals surface area (Å²) in [6.07, 6.45) is 0. The summed E-state index contributed by atoms with van der Waals surface area (Å²) in [6, 6.07) is 10.7. The number of benzene rings is 2. The molecule has 0 aliphatic rings. The van der Waals surface area contributed by atoms with Gasteiger partial charge in [0.2, 0.25) is 0 Å². The van der Waals surface area contributed by atoms with Gasteiger partial charge in [-0.05, 0) is 41.1 Å². The maximum absolute atomic E-state index is 13.4. The first-order chi connectivity index (χ1) is 12.4. The minimum Gasteiger partial charge on any atom is -0.495 e. The van der Waals surface area contributed by atoms with Crippen molar-refractivity contribution in [3.63, 3.8) is 0 Å².